The molecule has 2 unspecified atom stereocenters. The molecule has 0 saturated carbocycles. The van der Waals surface area contributed by atoms with Crippen LogP contribution in [0.5, 0.6) is 0 Å². The van der Waals surface area contributed by atoms with E-state index in [1.54, 1.807) is 20.3 Å². The first-order chi connectivity index (χ1) is 17.1. The average molecular weight is 488 g/mol. The van der Waals surface area contributed by atoms with Gasteiger partial charge in [0, 0.05) is 14.1 Å². The third kappa shape index (κ3) is 4.50. The summed E-state index contributed by atoms with van der Waals surface area (Å²) >= 11 is 0. The number of amides is 2. The smallest absolute Gasteiger partial charge is 0.257 e. The lowest BCUT2D eigenvalue weighted by Gasteiger charge is -2.39. The Morgan fingerprint density at radius 1 is 1.11 bits per heavy atom. The van der Waals surface area contributed by atoms with Crippen molar-refractivity contribution in [2.45, 2.75) is 64.1 Å². The topological polar surface area (TPSA) is 79.3 Å². The van der Waals surface area contributed by atoms with E-state index in [-0.39, 0.29) is 23.4 Å². The Morgan fingerprint density at radius 3 is 2.36 bits per heavy atom. The number of nitrogens with zero attached hydrogens (tertiary/aromatic N) is 3. The highest BCUT2D eigenvalue weighted by molar-refractivity contribution is 6.02. The monoisotopic (exact) mass is 487 g/mol. The normalized spacial score (nSPS) is 17.9. The Bertz CT molecular complexity index is 1230. The molecule has 2 amide bonds. The summed E-state index contributed by atoms with van der Waals surface area (Å²) < 4.78 is 1.89. The molecule has 7 nitrogen and oxygen atoms in total. The second-order valence-corrected chi connectivity index (χ2v) is 10.4. The summed E-state index contributed by atoms with van der Waals surface area (Å²) in [5.41, 5.74) is 2.05. The molecule has 2 N–H and O–H groups in total. The van der Waals surface area contributed by atoms with Gasteiger partial charge in [0.15, 0.2) is 0 Å². The van der Waals surface area contributed by atoms with Crippen LogP contribution in [0.4, 0.5) is 5.82 Å². The first-order valence-electron chi connectivity index (χ1n) is 12.7. The van der Waals surface area contributed by atoms with Crippen molar-refractivity contribution >= 4 is 17.6 Å². The zero-order valence-electron chi connectivity index (χ0n) is 22.1. The van der Waals surface area contributed by atoms with Crippen molar-refractivity contribution in [2.75, 3.05) is 19.4 Å². The van der Waals surface area contributed by atoms with Gasteiger partial charge in [-0.2, -0.15) is 5.10 Å². The molecule has 7 heteroatoms. The van der Waals surface area contributed by atoms with Crippen LogP contribution in [0.25, 0.3) is 0 Å². The molecule has 1 aliphatic heterocycles. The third-order valence-electron chi connectivity index (χ3n) is 7.29. The van der Waals surface area contributed by atoms with Gasteiger partial charge in [0.25, 0.3) is 11.8 Å². The van der Waals surface area contributed by atoms with Crippen LogP contribution >= 0.6 is 0 Å². The number of aromatic nitrogens is 2. The number of rotatable bonds is 7. The van der Waals surface area contributed by atoms with Gasteiger partial charge in [0.1, 0.15) is 16.9 Å². The van der Waals surface area contributed by atoms with Gasteiger partial charge in [-0.25, -0.2) is 4.68 Å². The number of likely N-dealkylation sites (N-methyl/N-ethyl adjacent to an activating group) is 1. The molecule has 2 atom stereocenters. The number of aryl methyl sites for hydroxylation is 1. The molecule has 2 aromatic carbocycles. The second-order valence-electron chi connectivity index (χ2n) is 10.4. The van der Waals surface area contributed by atoms with Crippen molar-refractivity contribution in [3.8, 4) is 0 Å². The lowest BCUT2D eigenvalue weighted by atomic mass is 9.84. The number of hydrogen-bond donors (Lipinski definition) is 2. The maximum absolute atomic E-state index is 13.9. The zero-order valence-corrected chi connectivity index (χ0v) is 22.1. The highest BCUT2D eigenvalue weighted by Crippen LogP contribution is 2.40. The summed E-state index contributed by atoms with van der Waals surface area (Å²) in [4.78, 5) is 29.0. The highest BCUT2D eigenvalue weighted by Gasteiger charge is 2.43. The fourth-order valence-corrected chi connectivity index (χ4v) is 5.16. The van der Waals surface area contributed by atoms with E-state index >= 15 is 0 Å². The first kappa shape index (κ1) is 25.5. The molecule has 190 valence electrons. The fourth-order valence-electron chi connectivity index (χ4n) is 5.16. The van der Waals surface area contributed by atoms with E-state index in [9.17, 15) is 9.59 Å². The van der Waals surface area contributed by atoms with Crippen LogP contribution < -0.4 is 10.6 Å². The van der Waals surface area contributed by atoms with Crippen LogP contribution in [-0.4, -0.2) is 40.6 Å². The van der Waals surface area contributed by atoms with E-state index in [4.69, 9.17) is 0 Å². The van der Waals surface area contributed by atoms with Crippen LogP contribution in [0, 0.1) is 0 Å². The lowest BCUT2D eigenvalue weighted by Crippen LogP contribution is -2.55. The maximum Gasteiger partial charge on any atom is 0.257 e. The van der Waals surface area contributed by atoms with E-state index in [1.165, 1.54) is 10.5 Å². The standard InChI is InChI=1S/C29H37N5O2/c1-7-20-14-16-22(17-15-20)29(8-2,27(36)33(5)6)32-26(35)23-19-30-34-25(23)31-24(18-28(34,3)4)21-12-10-9-11-13-21/h9-17,19,24,31H,7-8,18H2,1-6H3,(H,32,35). The number of carbonyl (C=O) groups excluding carboxylic acids is 2. The quantitative estimate of drug-likeness (QED) is 0.499. The van der Waals surface area contributed by atoms with Crippen LogP contribution in [-0.2, 0) is 22.3 Å². The number of hydrogen-bond acceptors (Lipinski definition) is 4. The van der Waals surface area contributed by atoms with Crippen molar-refractivity contribution < 1.29 is 9.59 Å². The summed E-state index contributed by atoms with van der Waals surface area (Å²) in [5.74, 6) is 0.171. The summed E-state index contributed by atoms with van der Waals surface area (Å²) in [6.45, 7) is 8.28. The van der Waals surface area contributed by atoms with Crippen molar-refractivity contribution in [1.82, 2.24) is 20.0 Å². The molecule has 0 bridgehead atoms. The van der Waals surface area contributed by atoms with Crippen molar-refractivity contribution in [2.24, 2.45) is 0 Å². The molecule has 3 aromatic rings. The van der Waals surface area contributed by atoms with Crippen molar-refractivity contribution in [3.05, 3.63) is 83.0 Å². The second kappa shape index (κ2) is 9.80. The molecule has 1 aliphatic rings. The Kier molecular flexibility index (Phi) is 6.94. The minimum atomic E-state index is -1.19. The Morgan fingerprint density at radius 2 is 1.78 bits per heavy atom. The molecule has 0 spiro atoms. The van der Waals surface area contributed by atoms with Gasteiger partial charge >= 0.3 is 0 Å². The molecule has 36 heavy (non-hydrogen) atoms. The van der Waals surface area contributed by atoms with Gasteiger partial charge in [-0.1, -0.05) is 68.4 Å². The molecule has 0 aliphatic carbocycles. The number of anilines is 1. The Balaban J connectivity index is 1.73. The molecule has 0 fully saturated rings. The van der Waals surface area contributed by atoms with Crippen molar-refractivity contribution in [1.29, 1.82) is 0 Å². The molecular formula is C29H37N5O2. The van der Waals surface area contributed by atoms with E-state index in [1.807, 2.05) is 54.1 Å². The van der Waals surface area contributed by atoms with Crippen LogP contribution in [0.15, 0.2) is 60.8 Å². The van der Waals surface area contributed by atoms with Gasteiger partial charge in [-0.05, 0) is 49.8 Å². The van der Waals surface area contributed by atoms with Crippen LogP contribution in [0.3, 0.4) is 0 Å². The van der Waals surface area contributed by atoms with Gasteiger partial charge < -0.3 is 15.5 Å². The highest BCUT2D eigenvalue weighted by atomic mass is 16.2. The summed E-state index contributed by atoms with van der Waals surface area (Å²) in [6, 6.07) is 18.2. The largest absolute Gasteiger partial charge is 0.363 e. The zero-order chi connectivity index (χ0) is 26.1. The van der Waals surface area contributed by atoms with Gasteiger partial charge in [0.05, 0.1) is 17.8 Å². The predicted octanol–water partition coefficient (Wildman–Crippen LogP) is 4.86. The summed E-state index contributed by atoms with van der Waals surface area (Å²) in [5, 5.41) is 11.3. The summed E-state index contributed by atoms with van der Waals surface area (Å²) in [7, 11) is 3.44. The minimum absolute atomic E-state index is 0.0397. The molecular weight excluding hydrogens is 450 g/mol. The third-order valence-corrected chi connectivity index (χ3v) is 7.29. The number of nitrogens with one attached hydrogen (secondary N) is 2. The minimum Gasteiger partial charge on any atom is -0.363 e. The average Bonchev–Trinajstić information content (AvgIpc) is 3.32. The van der Waals surface area contributed by atoms with E-state index in [2.05, 4.69) is 48.6 Å². The summed E-state index contributed by atoms with van der Waals surface area (Å²) in [6.07, 6.45) is 3.75. The lowest BCUT2D eigenvalue weighted by molar-refractivity contribution is -0.136. The Hall–Kier alpha value is -3.61. The van der Waals surface area contributed by atoms with E-state index in [0.717, 1.165) is 24.0 Å². The van der Waals surface area contributed by atoms with Crippen molar-refractivity contribution in [3.63, 3.8) is 0 Å². The maximum atomic E-state index is 13.9. The number of carbonyl (C=O) groups is 2. The number of fused-ring (bicyclic) bond motifs is 1. The number of benzene rings is 2. The van der Waals surface area contributed by atoms with E-state index < -0.39 is 5.54 Å². The van der Waals surface area contributed by atoms with Crippen LogP contribution in [0.1, 0.15) is 73.6 Å². The predicted molar refractivity (Wildman–Crippen MR) is 143 cm³/mol. The molecule has 2 heterocycles. The SMILES string of the molecule is CCc1ccc(C(CC)(NC(=O)c2cnn3c2NC(c2ccccc2)CC3(C)C)C(=O)N(C)C)cc1. The molecule has 1 aromatic heterocycles. The first-order valence-corrected chi connectivity index (χ1v) is 12.7. The van der Waals surface area contributed by atoms with E-state index in [0.29, 0.717) is 17.8 Å². The van der Waals surface area contributed by atoms with Gasteiger partial charge in [-0.3, -0.25) is 9.59 Å². The molecule has 0 radical (unpaired) electrons. The van der Waals surface area contributed by atoms with Gasteiger partial charge in [0.2, 0.25) is 0 Å². The Labute approximate surface area is 213 Å². The van der Waals surface area contributed by atoms with Gasteiger partial charge in [-0.15, -0.1) is 0 Å². The molecule has 0 saturated heterocycles. The molecule has 4 rings (SSSR count). The fraction of sp³-hybridized carbons (Fsp3) is 0.414. The van der Waals surface area contributed by atoms with Crippen LogP contribution in [0.2, 0.25) is 0 Å².